The summed E-state index contributed by atoms with van der Waals surface area (Å²) in [7, 11) is 0. The molecule has 0 aliphatic heterocycles. The Morgan fingerprint density at radius 3 is 2.35 bits per heavy atom. The third kappa shape index (κ3) is 3.33. The largest absolute Gasteiger partial charge is 0.332 e. The summed E-state index contributed by atoms with van der Waals surface area (Å²) in [4.78, 5) is 25.5. The van der Waals surface area contributed by atoms with Crippen molar-refractivity contribution in [2.45, 2.75) is 0 Å². The first-order chi connectivity index (χ1) is 11.0. The maximum Gasteiger partial charge on any atom is 0.324 e. The molecule has 8 nitrogen and oxygen atoms in total. The number of nitrogens with zero attached hydrogens (tertiary/aromatic N) is 3. The second kappa shape index (κ2) is 6.10. The van der Waals surface area contributed by atoms with Crippen LogP contribution in [0.1, 0.15) is 0 Å². The highest BCUT2D eigenvalue weighted by Gasteiger charge is 2.13. The zero-order valence-electron chi connectivity index (χ0n) is 11.3. The molecule has 2 aromatic heterocycles. The molecule has 0 fully saturated rings. The van der Waals surface area contributed by atoms with E-state index in [1.54, 1.807) is 23.6 Å². The Morgan fingerprint density at radius 2 is 1.74 bits per heavy atom. The highest BCUT2D eigenvalue weighted by molar-refractivity contribution is 7.19. The van der Waals surface area contributed by atoms with Gasteiger partial charge in [0.2, 0.25) is 0 Å². The van der Waals surface area contributed by atoms with Crippen LogP contribution in [-0.2, 0) is 0 Å². The first-order valence-corrected chi connectivity index (χ1v) is 7.94. The predicted molar refractivity (Wildman–Crippen MR) is 88.5 cm³/mol. The summed E-state index contributed by atoms with van der Waals surface area (Å²) >= 11 is 2.41. The molecule has 0 saturated carbocycles. The van der Waals surface area contributed by atoms with Crippen molar-refractivity contribution in [1.82, 2.24) is 4.98 Å². The number of rotatable bonds is 5. The van der Waals surface area contributed by atoms with Crippen LogP contribution in [0.2, 0.25) is 0 Å². The molecule has 0 atom stereocenters. The number of thiazole rings is 1. The van der Waals surface area contributed by atoms with Crippen molar-refractivity contribution >= 4 is 44.2 Å². The number of anilines is 2. The maximum absolute atomic E-state index is 10.7. The van der Waals surface area contributed by atoms with Crippen LogP contribution in [0, 0.1) is 20.2 Å². The van der Waals surface area contributed by atoms with Crippen LogP contribution >= 0.6 is 22.7 Å². The van der Waals surface area contributed by atoms with Crippen molar-refractivity contribution < 1.29 is 9.85 Å². The fraction of sp³-hybridized carbons (Fsp3) is 0. The number of benzene rings is 1. The van der Waals surface area contributed by atoms with Gasteiger partial charge in [-0.1, -0.05) is 11.3 Å². The molecule has 2 heterocycles. The Labute approximate surface area is 137 Å². The molecule has 3 aromatic rings. The molecule has 116 valence electrons. The summed E-state index contributed by atoms with van der Waals surface area (Å²) in [5.74, 6) is 0. The highest BCUT2D eigenvalue weighted by atomic mass is 32.1. The minimum atomic E-state index is -0.463. The van der Waals surface area contributed by atoms with Gasteiger partial charge >= 0.3 is 5.00 Å². The van der Waals surface area contributed by atoms with E-state index in [9.17, 15) is 20.2 Å². The lowest BCUT2D eigenvalue weighted by Crippen LogP contribution is -1.91. The van der Waals surface area contributed by atoms with Gasteiger partial charge in [-0.05, 0) is 18.2 Å². The molecule has 0 aliphatic carbocycles. The fourth-order valence-electron chi connectivity index (χ4n) is 1.80. The number of nitrogens with one attached hydrogen (secondary N) is 1. The van der Waals surface area contributed by atoms with Gasteiger partial charge in [0.25, 0.3) is 5.69 Å². The minimum Gasteiger partial charge on any atom is -0.332 e. The zero-order chi connectivity index (χ0) is 16.4. The van der Waals surface area contributed by atoms with Crippen LogP contribution in [0.25, 0.3) is 10.6 Å². The van der Waals surface area contributed by atoms with Crippen LogP contribution in [0.3, 0.4) is 0 Å². The van der Waals surface area contributed by atoms with E-state index < -0.39 is 9.85 Å². The van der Waals surface area contributed by atoms with E-state index in [0.717, 1.165) is 11.3 Å². The van der Waals surface area contributed by atoms with Gasteiger partial charge in [-0.2, -0.15) is 0 Å². The molecule has 1 N–H and O–H groups in total. The average Bonchev–Trinajstić information content (AvgIpc) is 3.16. The summed E-state index contributed by atoms with van der Waals surface area (Å²) in [5, 5.41) is 26.8. The number of hydrogen-bond donors (Lipinski definition) is 1. The number of non-ortho nitro benzene ring substituents is 1. The monoisotopic (exact) mass is 348 g/mol. The smallest absolute Gasteiger partial charge is 0.324 e. The number of aromatic nitrogens is 1. The Bertz CT molecular complexity index is 872. The summed E-state index contributed by atoms with van der Waals surface area (Å²) in [6, 6.07) is 9.10. The van der Waals surface area contributed by atoms with Gasteiger partial charge < -0.3 is 5.32 Å². The third-order valence-electron chi connectivity index (χ3n) is 2.86. The third-order valence-corrected chi connectivity index (χ3v) is 4.67. The number of hydrogen-bond acceptors (Lipinski definition) is 8. The van der Waals surface area contributed by atoms with Crippen LogP contribution < -0.4 is 5.32 Å². The molecule has 23 heavy (non-hydrogen) atoms. The van der Waals surface area contributed by atoms with Gasteiger partial charge in [0.1, 0.15) is 0 Å². The molecule has 10 heteroatoms. The van der Waals surface area contributed by atoms with Crippen LogP contribution in [0.5, 0.6) is 0 Å². The van der Waals surface area contributed by atoms with Crippen LogP contribution in [0.15, 0.2) is 41.8 Å². The van der Waals surface area contributed by atoms with Gasteiger partial charge in [0, 0.05) is 29.3 Å². The number of nitro benzene ring substituents is 1. The second-order valence-electron chi connectivity index (χ2n) is 4.36. The van der Waals surface area contributed by atoms with Crippen LogP contribution in [0.4, 0.5) is 21.5 Å². The summed E-state index contributed by atoms with van der Waals surface area (Å²) in [6.45, 7) is 0. The Hall–Kier alpha value is -2.85. The van der Waals surface area contributed by atoms with Gasteiger partial charge in [0.05, 0.1) is 20.4 Å². The van der Waals surface area contributed by atoms with Crippen molar-refractivity contribution in [3.63, 3.8) is 0 Å². The first kappa shape index (κ1) is 15.1. The van der Waals surface area contributed by atoms with E-state index in [1.165, 1.54) is 29.5 Å². The lowest BCUT2D eigenvalue weighted by molar-refractivity contribution is -0.384. The maximum atomic E-state index is 10.7. The zero-order valence-corrected chi connectivity index (χ0v) is 13.0. The molecule has 0 bridgehead atoms. The average molecular weight is 348 g/mol. The molecule has 0 spiro atoms. The van der Waals surface area contributed by atoms with Crippen molar-refractivity contribution in [2.24, 2.45) is 0 Å². The number of thiophene rings is 1. The van der Waals surface area contributed by atoms with Crippen LogP contribution in [-0.4, -0.2) is 14.8 Å². The van der Waals surface area contributed by atoms with E-state index >= 15 is 0 Å². The molecule has 0 unspecified atom stereocenters. The van der Waals surface area contributed by atoms with E-state index in [2.05, 4.69) is 10.3 Å². The Balaban J connectivity index is 1.76. The topological polar surface area (TPSA) is 111 Å². The van der Waals surface area contributed by atoms with Gasteiger partial charge in [-0.15, -0.1) is 11.3 Å². The fourth-order valence-corrected chi connectivity index (χ4v) is 3.38. The van der Waals surface area contributed by atoms with Gasteiger partial charge in [0.15, 0.2) is 5.13 Å². The first-order valence-electron chi connectivity index (χ1n) is 6.24. The lowest BCUT2D eigenvalue weighted by Gasteiger charge is -2.01. The van der Waals surface area contributed by atoms with Gasteiger partial charge in [-0.3, -0.25) is 20.2 Å². The molecular weight excluding hydrogens is 340 g/mol. The lowest BCUT2D eigenvalue weighted by atomic mass is 10.3. The summed E-state index contributed by atoms with van der Waals surface area (Å²) in [6.07, 6.45) is 0. The number of nitro groups is 2. The molecule has 0 radical (unpaired) electrons. The van der Waals surface area contributed by atoms with Crippen molar-refractivity contribution in [1.29, 1.82) is 0 Å². The highest BCUT2D eigenvalue weighted by Crippen LogP contribution is 2.34. The van der Waals surface area contributed by atoms with Crippen molar-refractivity contribution in [3.8, 4) is 10.6 Å². The van der Waals surface area contributed by atoms with E-state index in [4.69, 9.17) is 0 Å². The summed E-state index contributed by atoms with van der Waals surface area (Å²) < 4.78 is 0. The molecular formula is C13H8N4O4S2. The summed E-state index contributed by atoms with van der Waals surface area (Å²) in [5.41, 5.74) is 1.34. The van der Waals surface area contributed by atoms with E-state index in [0.29, 0.717) is 21.4 Å². The standard InChI is InChI=1S/C13H8N4O4S2/c18-16(19)9-3-1-8(2-4-9)14-13-15-10(7-22-13)11-5-6-12(23-11)17(20)21/h1-7H,(H,14,15). The molecule has 0 aliphatic rings. The van der Waals surface area contributed by atoms with Gasteiger partial charge in [-0.25, -0.2) is 4.98 Å². The van der Waals surface area contributed by atoms with Crippen molar-refractivity contribution in [3.05, 3.63) is 62.0 Å². The minimum absolute atomic E-state index is 0.0151. The molecule has 0 amide bonds. The van der Waals surface area contributed by atoms with E-state index in [1.807, 2.05) is 0 Å². The molecule has 3 rings (SSSR count). The quantitative estimate of drug-likeness (QED) is 0.539. The SMILES string of the molecule is O=[N+]([O-])c1ccc(Nc2nc(-c3ccc([N+](=O)[O-])s3)cs2)cc1. The van der Waals surface area contributed by atoms with E-state index in [-0.39, 0.29) is 10.7 Å². The van der Waals surface area contributed by atoms with Crippen molar-refractivity contribution in [2.75, 3.05) is 5.32 Å². The Kier molecular flexibility index (Phi) is 4.00. The normalized spacial score (nSPS) is 10.4. The second-order valence-corrected chi connectivity index (χ2v) is 6.28. The molecule has 0 saturated heterocycles. The predicted octanol–water partition coefficient (Wildman–Crippen LogP) is 4.43. The molecule has 1 aromatic carbocycles. The Morgan fingerprint density at radius 1 is 1.00 bits per heavy atom.